The van der Waals surface area contributed by atoms with Crippen LogP contribution < -0.4 is 47.7 Å². The number of nitrogen functional groups attached to an aromatic ring is 1. The van der Waals surface area contributed by atoms with Gasteiger partial charge in [-0.3, -0.25) is 38.7 Å². The summed E-state index contributed by atoms with van der Waals surface area (Å²) >= 11 is 0. The van der Waals surface area contributed by atoms with Crippen molar-refractivity contribution in [1.82, 2.24) is 35.8 Å². The van der Waals surface area contributed by atoms with Crippen LogP contribution in [0, 0.1) is 11.8 Å². The number of Topliss-reactive ketones (excluding diaryl/α,β-unsaturated/α-hetero) is 1. The average molecular weight is 1090 g/mol. The van der Waals surface area contributed by atoms with E-state index in [-0.39, 0.29) is 92.9 Å². The highest BCUT2D eigenvalue weighted by atomic mass is 16.5. The third-order valence-electron chi connectivity index (χ3n) is 12.8. The van der Waals surface area contributed by atoms with Gasteiger partial charge in [0.25, 0.3) is 17.7 Å². The zero-order chi connectivity index (χ0) is 56.8. The molecule has 0 aliphatic carbocycles. The second-order valence-corrected chi connectivity index (χ2v) is 19.0. The smallest absolute Gasteiger partial charge is 0.408 e. The van der Waals surface area contributed by atoms with E-state index in [1.165, 1.54) is 18.3 Å². The first kappa shape index (κ1) is 59.2. The Labute approximate surface area is 455 Å². The summed E-state index contributed by atoms with van der Waals surface area (Å²) in [6, 6.07) is 11.7. The van der Waals surface area contributed by atoms with Gasteiger partial charge in [-0.25, -0.2) is 24.4 Å². The van der Waals surface area contributed by atoms with Crippen LogP contribution in [0.15, 0.2) is 85.3 Å². The molecule has 0 bridgehead atoms. The first-order valence-electron chi connectivity index (χ1n) is 25.8. The largest absolute Gasteiger partial charge is 0.494 e. The maximum atomic E-state index is 13.7. The summed E-state index contributed by atoms with van der Waals surface area (Å²) in [5.74, 6) is -4.65. The van der Waals surface area contributed by atoms with Crippen LogP contribution in [0.2, 0.25) is 0 Å². The van der Waals surface area contributed by atoms with Gasteiger partial charge in [-0.1, -0.05) is 32.4 Å². The number of unbranched alkanes of at least 4 members (excludes halogenated alkanes) is 2. The number of alkyl carbamates (subject to hydrolysis) is 1. The number of carbonyl (C=O) groups excluding carboxylic acids is 8. The van der Waals surface area contributed by atoms with Crippen molar-refractivity contribution in [3.8, 4) is 17.0 Å². The molecule has 0 radical (unpaired) electrons. The number of ether oxygens (including phenoxy) is 3. The number of urea groups is 1. The summed E-state index contributed by atoms with van der Waals surface area (Å²) in [6.45, 7) is 6.03. The van der Waals surface area contributed by atoms with Crippen LogP contribution in [0.1, 0.15) is 81.3 Å². The Hall–Kier alpha value is -9.00. The van der Waals surface area contributed by atoms with Gasteiger partial charge in [0.2, 0.25) is 11.8 Å². The van der Waals surface area contributed by atoms with E-state index >= 15 is 0 Å². The van der Waals surface area contributed by atoms with Gasteiger partial charge in [-0.15, -0.1) is 0 Å². The first-order valence-corrected chi connectivity index (χ1v) is 25.8. The van der Waals surface area contributed by atoms with Gasteiger partial charge in [0.05, 0.1) is 55.3 Å². The van der Waals surface area contributed by atoms with Gasteiger partial charge in [-0.2, -0.15) is 0 Å². The number of carbonyl (C=O) groups is 9. The van der Waals surface area contributed by atoms with Crippen LogP contribution in [-0.4, -0.2) is 136 Å². The van der Waals surface area contributed by atoms with E-state index in [4.69, 9.17) is 25.7 Å². The van der Waals surface area contributed by atoms with E-state index in [2.05, 4.69) is 46.4 Å². The molecule has 1 fully saturated rings. The maximum Gasteiger partial charge on any atom is 0.408 e. The van der Waals surface area contributed by atoms with Crippen molar-refractivity contribution in [2.45, 2.75) is 83.9 Å². The van der Waals surface area contributed by atoms with E-state index in [0.29, 0.717) is 85.9 Å². The fourth-order valence-corrected chi connectivity index (χ4v) is 8.49. The second-order valence-electron chi connectivity index (χ2n) is 19.0. The van der Waals surface area contributed by atoms with E-state index in [1.807, 2.05) is 0 Å². The number of aliphatic carboxylic acids is 1. The Morgan fingerprint density at radius 2 is 1.57 bits per heavy atom. The lowest BCUT2D eigenvalue weighted by Gasteiger charge is -2.30. The fourth-order valence-electron chi connectivity index (χ4n) is 8.49. The highest BCUT2D eigenvalue weighted by Gasteiger charge is 2.30. The molecule has 6 rings (SSSR count). The SMILES string of the molecule is CC(C)[C@H](NC(=O)CCCCCN1C(=O)C=CC1=O)C(=O)C[C@@H](CCCNC(N)=O)C(=O)Nc1ccc(COC(=O)N[C@@H](CCOc2ccc(-c3cnc(N)c(C(=O)Nc4cnccc4N4CCOCC4)n3)cc2)C(=O)O)cc1. The summed E-state index contributed by atoms with van der Waals surface area (Å²) in [4.78, 5) is 129. The lowest BCUT2D eigenvalue weighted by atomic mass is 9.89. The van der Waals surface area contributed by atoms with Crippen molar-refractivity contribution in [2.24, 2.45) is 17.6 Å². The molecule has 0 unspecified atom stereocenters. The molecule has 2 aromatic carbocycles. The van der Waals surface area contributed by atoms with Crippen molar-refractivity contribution < 1.29 is 62.5 Å². The van der Waals surface area contributed by atoms with Crippen molar-refractivity contribution in [3.63, 3.8) is 0 Å². The number of aromatic nitrogens is 3. The Morgan fingerprint density at radius 3 is 2.25 bits per heavy atom. The predicted octanol–water partition coefficient (Wildman–Crippen LogP) is 3.95. The zero-order valence-electron chi connectivity index (χ0n) is 43.9. The van der Waals surface area contributed by atoms with Gasteiger partial charge in [0.1, 0.15) is 18.4 Å². The number of imide groups is 1. The molecule has 4 aromatic rings. The Bertz CT molecular complexity index is 2820. The number of anilines is 4. The molecule has 25 heteroatoms. The maximum absolute atomic E-state index is 13.7. The normalized spacial score (nSPS) is 14.2. The third kappa shape index (κ3) is 18.3. The summed E-state index contributed by atoms with van der Waals surface area (Å²) < 4.78 is 16.5. The molecule has 8 amide bonds. The minimum absolute atomic E-state index is 0.0676. The van der Waals surface area contributed by atoms with Crippen LogP contribution in [0.3, 0.4) is 0 Å². The Morgan fingerprint density at radius 1 is 0.848 bits per heavy atom. The van der Waals surface area contributed by atoms with Gasteiger partial charge < -0.3 is 62.3 Å². The minimum atomic E-state index is -1.36. The standard InChI is InChI=1S/C54H66N12O13/c1-33(2)47(64-44(68)8-4-3-5-23-66-45(69)17-18-46(66)70)43(67)29-36(7-6-21-58-53(56)75)50(71)60-37-13-9-34(10-14-37)32-79-54(76)63-39(52(73)74)20-26-78-38-15-11-35(12-16-38)40-31-59-49(55)48(61-40)51(72)62-41-30-57-22-19-42(41)65-24-27-77-28-25-65/h9-19,22,30-31,33,36,39,47H,3-8,20-21,23-29,32H2,1-2H3,(H2,55,59)(H,60,71)(H,62,72)(H,63,76)(H,64,68)(H,73,74)(H3,56,58,75)/t36-,39+,47+/m1/s1. The number of morpholine rings is 1. The molecule has 1 saturated heterocycles. The second kappa shape index (κ2) is 29.5. The molecule has 79 heavy (non-hydrogen) atoms. The number of ketones is 1. The molecule has 0 spiro atoms. The zero-order valence-corrected chi connectivity index (χ0v) is 43.9. The molecular formula is C54H66N12O13. The molecule has 0 saturated carbocycles. The number of rotatable bonds is 29. The number of nitrogens with two attached hydrogens (primary N) is 2. The molecule has 4 heterocycles. The predicted molar refractivity (Wildman–Crippen MR) is 288 cm³/mol. The highest BCUT2D eigenvalue weighted by molar-refractivity contribution is 6.13. The van der Waals surface area contributed by atoms with Crippen molar-refractivity contribution in [3.05, 3.63) is 96.6 Å². The molecule has 25 nitrogen and oxygen atoms in total. The number of carboxylic acids is 1. The van der Waals surface area contributed by atoms with Crippen LogP contribution in [0.4, 0.5) is 32.5 Å². The number of benzene rings is 2. The molecule has 2 aliphatic heterocycles. The van der Waals surface area contributed by atoms with Crippen molar-refractivity contribution in [2.75, 3.05) is 67.3 Å². The van der Waals surface area contributed by atoms with Gasteiger partial charge in [0, 0.05) is 81.0 Å². The summed E-state index contributed by atoms with van der Waals surface area (Å²) in [5.41, 5.74) is 14.3. The number of amides is 8. The number of primary amides is 1. The number of carboxylic acid groups (broad SMARTS) is 1. The minimum Gasteiger partial charge on any atom is -0.494 e. The molecule has 10 N–H and O–H groups in total. The van der Waals surface area contributed by atoms with Crippen LogP contribution in [0.25, 0.3) is 11.3 Å². The topological polar surface area (TPSA) is 359 Å². The monoisotopic (exact) mass is 1090 g/mol. The van der Waals surface area contributed by atoms with Crippen LogP contribution in [0.5, 0.6) is 5.75 Å². The lowest BCUT2D eigenvalue weighted by molar-refractivity contribution is -0.140. The van der Waals surface area contributed by atoms with E-state index in [0.717, 1.165) is 10.6 Å². The van der Waals surface area contributed by atoms with E-state index in [9.17, 15) is 48.3 Å². The Kier molecular flexibility index (Phi) is 22.1. The lowest BCUT2D eigenvalue weighted by Crippen LogP contribution is -2.45. The number of hydrogen-bond acceptors (Lipinski definition) is 17. The highest BCUT2D eigenvalue weighted by Crippen LogP contribution is 2.28. The van der Waals surface area contributed by atoms with E-state index in [1.54, 1.807) is 80.8 Å². The quantitative estimate of drug-likeness (QED) is 0.0282. The fraction of sp³-hybridized carbons (Fsp3) is 0.407. The van der Waals surface area contributed by atoms with E-state index < -0.39 is 47.9 Å². The molecule has 2 aliphatic rings. The molecular weight excluding hydrogens is 1020 g/mol. The molecule has 3 atom stereocenters. The first-order chi connectivity index (χ1) is 37.9. The Balaban J connectivity index is 0.941. The van der Waals surface area contributed by atoms with Gasteiger partial charge in [-0.05, 0) is 79.6 Å². The van der Waals surface area contributed by atoms with Crippen molar-refractivity contribution in [1.29, 1.82) is 0 Å². The number of pyridine rings is 1. The average Bonchev–Trinajstić information content (AvgIpc) is 3.76. The number of nitrogens with zero attached hydrogens (tertiary/aromatic N) is 5. The summed E-state index contributed by atoms with van der Waals surface area (Å²) in [7, 11) is 0. The summed E-state index contributed by atoms with van der Waals surface area (Å²) in [6.07, 6.45) is 7.91. The van der Waals surface area contributed by atoms with Crippen LogP contribution >= 0.6 is 0 Å². The van der Waals surface area contributed by atoms with Crippen LogP contribution in [-0.2, 0) is 44.8 Å². The number of nitrogens with one attached hydrogen (secondary N) is 5. The van der Waals surface area contributed by atoms with Gasteiger partial charge in [0.15, 0.2) is 17.3 Å². The molecule has 420 valence electrons. The molecule has 2 aromatic heterocycles. The van der Waals surface area contributed by atoms with Gasteiger partial charge >= 0.3 is 18.1 Å². The third-order valence-corrected chi connectivity index (χ3v) is 12.8. The summed E-state index contributed by atoms with van der Waals surface area (Å²) in [5, 5.41) is 23.1. The van der Waals surface area contributed by atoms with Crippen molar-refractivity contribution >= 4 is 76.3 Å². The number of hydrogen-bond donors (Lipinski definition) is 8.